The number of aromatic nitrogens is 1. The number of amides is 1. The van der Waals surface area contributed by atoms with Crippen LogP contribution in [0.3, 0.4) is 0 Å². The molecule has 0 spiro atoms. The Morgan fingerprint density at radius 2 is 2.56 bits per heavy atom. The maximum Gasteiger partial charge on any atom is 0.294 e. The zero-order valence-corrected chi connectivity index (χ0v) is 10.7. The number of hydrogen-bond acceptors (Lipinski definition) is 6. The highest BCUT2D eigenvalue weighted by atomic mass is 32.2. The van der Waals surface area contributed by atoms with Crippen LogP contribution in [0.1, 0.15) is 21.9 Å². The minimum Gasteiger partial charge on any atom is -0.385 e. The van der Waals surface area contributed by atoms with Crippen LogP contribution in [0.5, 0.6) is 0 Å². The SMILES string of the molecule is COCCCSCc1csc(C(=O)NN)n1. The Morgan fingerprint density at radius 3 is 3.25 bits per heavy atom. The van der Waals surface area contributed by atoms with Crippen molar-refractivity contribution in [2.45, 2.75) is 12.2 Å². The highest BCUT2D eigenvalue weighted by Gasteiger charge is 2.08. The molecule has 1 aromatic rings. The highest BCUT2D eigenvalue weighted by molar-refractivity contribution is 7.98. The van der Waals surface area contributed by atoms with Gasteiger partial charge in [0, 0.05) is 24.8 Å². The maximum atomic E-state index is 11.1. The second kappa shape index (κ2) is 7.61. The first-order chi connectivity index (χ1) is 7.77. The van der Waals surface area contributed by atoms with Crippen LogP contribution in [-0.4, -0.2) is 30.4 Å². The fraction of sp³-hybridized carbons (Fsp3) is 0.556. The van der Waals surface area contributed by atoms with Gasteiger partial charge in [-0.15, -0.1) is 11.3 Å². The quantitative estimate of drug-likeness (QED) is 0.331. The van der Waals surface area contributed by atoms with Gasteiger partial charge in [0.05, 0.1) is 5.69 Å². The molecule has 0 saturated carbocycles. The number of methoxy groups -OCH3 is 1. The molecule has 0 atom stereocenters. The molecule has 0 unspecified atom stereocenters. The summed E-state index contributed by atoms with van der Waals surface area (Å²) in [5.41, 5.74) is 2.99. The number of thioether (sulfide) groups is 1. The monoisotopic (exact) mass is 261 g/mol. The minimum absolute atomic E-state index is 0.333. The van der Waals surface area contributed by atoms with Gasteiger partial charge in [-0.3, -0.25) is 10.2 Å². The predicted molar refractivity (Wildman–Crippen MR) is 66.4 cm³/mol. The molecule has 0 aromatic carbocycles. The fourth-order valence-corrected chi connectivity index (χ4v) is 2.67. The molecule has 0 bridgehead atoms. The van der Waals surface area contributed by atoms with E-state index in [1.54, 1.807) is 18.9 Å². The van der Waals surface area contributed by atoms with Crippen LogP contribution in [0, 0.1) is 0 Å². The molecule has 1 heterocycles. The topological polar surface area (TPSA) is 77.2 Å². The molecule has 90 valence electrons. The molecule has 0 aliphatic rings. The van der Waals surface area contributed by atoms with Gasteiger partial charge in [0.15, 0.2) is 5.01 Å². The number of thiazole rings is 1. The molecule has 0 aliphatic heterocycles. The van der Waals surface area contributed by atoms with Crippen molar-refractivity contribution in [3.05, 3.63) is 16.1 Å². The van der Waals surface area contributed by atoms with E-state index in [1.165, 1.54) is 11.3 Å². The van der Waals surface area contributed by atoms with Crippen molar-refractivity contribution >= 4 is 29.0 Å². The van der Waals surface area contributed by atoms with Crippen molar-refractivity contribution in [1.29, 1.82) is 0 Å². The third-order valence-electron chi connectivity index (χ3n) is 1.76. The molecule has 5 nitrogen and oxygen atoms in total. The van der Waals surface area contributed by atoms with Gasteiger partial charge >= 0.3 is 0 Å². The molecular weight excluding hydrogens is 246 g/mol. The third kappa shape index (κ3) is 4.48. The van der Waals surface area contributed by atoms with E-state index in [9.17, 15) is 4.79 Å². The second-order valence-corrected chi connectivity index (χ2v) is 4.98. The van der Waals surface area contributed by atoms with Gasteiger partial charge in [0.2, 0.25) is 0 Å². The zero-order chi connectivity index (χ0) is 11.8. The first-order valence-electron chi connectivity index (χ1n) is 4.80. The van der Waals surface area contributed by atoms with Crippen molar-refractivity contribution in [2.24, 2.45) is 5.84 Å². The molecule has 3 N–H and O–H groups in total. The lowest BCUT2D eigenvalue weighted by atomic mass is 10.5. The predicted octanol–water partition coefficient (Wildman–Crippen LogP) is 1.02. The van der Waals surface area contributed by atoms with E-state index < -0.39 is 0 Å². The minimum atomic E-state index is -0.333. The number of carbonyl (C=O) groups excluding carboxylic acids is 1. The third-order valence-corrected chi connectivity index (χ3v) is 3.73. The van der Waals surface area contributed by atoms with Crippen molar-refractivity contribution in [3.63, 3.8) is 0 Å². The van der Waals surface area contributed by atoms with Gasteiger partial charge in [-0.1, -0.05) is 0 Å². The van der Waals surface area contributed by atoms with Crippen LogP contribution in [-0.2, 0) is 10.5 Å². The van der Waals surface area contributed by atoms with Crippen molar-refractivity contribution in [2.75, 3.05) is 19.5 Å². The van der Waals surface area contributed by atoms with Crippen molar-refractivity contribution in [3.8, 4) is 0 Å². The number of carbonyl (C=O) groups is 1. The molecule has 16 heavy (non-hydrogen) atoms. The molecule has 0 radical (unpaired) electrons. The zero-order valence-electron chi connectivity index (χ0n) is 9.06. The number of nitrogens with two attached hydrogens (primary N) is 1. The van der Waals surface area contributed by atoms with E-state index in [-0.39, 0.29) is 5.91 Å². The molecular formula is C9H15N3O2S2. The summed E-state index contributed by atoms with van der Waals surface area (Å²) in [7, 11) is 1.70. The van der Waals surface area contributed by atoms with Crippen LogP contribution < -0.4 is 11.3 Å². The molecule has 0 aliphatic carbocycles. The first kappa shape index (κ1) is 13.4. The fourth-order valence-electron chi connectivity index (χ4n) is 1.02. The highest BCUT2D eigenvalue weighted by Crippen LogP contribution is 2.16. The van der Waals surface area contributed by atoms with Gasteiger partial charge in [-0.2, -0.15) is 11.8 Å². The lowest BCUT2D eigenvalue weighted by molar-refractivity contribution is 0.0953. The van der Waals surface area contributed by atoms with E-state index in [2.05, 4.69) is 10.4 Å². The average molecular weight is 261 g/mol. The van der Waals surface area contributed by atoms with E-state index in [0.717, 1.165) is 30.2 Å². The Balaban J connectivity index is 2.27. The lowest BCUT2D eigenvalue weighted by Crippen LogP contribution is -2.29. The number of hydrazine groups is 1. The first-order valence-corrected chi connectivity index (χ1v) is 6.83. The van der Waals surface area contributed by atoms with Crippen LogP contribution in [0.4, 0.5) is 0 Å². The van der Waals surface area contributed by atoms with Crippen molar-refractivity contribution in [1.82, 2.24) is 10.4 Å². The van der Waals surface area contributed by atoms with Crippen molar-refractivity contribution < 1.29 is 9.53 Å². The molecule has 0 saturated heterocycles. The van der Waals surface area contributed by atoms with E-state index in [1.807, 2.05) is 5.38 Å². The largest absolute Gasteiger partial charge is 0.385 e. The Hall–Kier alpha value is -0.630. The van der Waals surface area contributed by atoms with Gasteiger partial charge in [-0.25, -0.2) is 10.8 Å². The Labute approximate surface area is 103 Å². The molecule has 1 amide bonds. The lowest BCUT2D eigenvalue weighted by Gasteiger charge is -1.98. The van der Waals surface area contributed by atoms with Crippen LogP contribution in [0.25, 0.3) is 0 Å². The smallest absolute Gasteiger partial charge is 0.294 e. The van der Waals surface area contributed by atoms with E-state index >= 15 is 0 Å². The summed E-state index contributed by atoms with van der Waals surface area (Å²) in [6, 6.07) is 0. The molecule has 1 aromatic heterocycles. The number of nitrogens with one attached hydrogen (secondary N) is 1. The second-order valence-electron chi connectivity index (χ2n) is 3.02. The van der Waals surface area contributed by atoms with Crippen LogP contribution in [0.15, 0.2) is 5.38 Å². The Kier molecular flexibility index (Phi) is 6.39. The average Bonchev–Trinajstić information content (AvgIpc) is 2.76. The van der Waals surface area contributed by atoms with E-state index in [0.29, 0.717) is 5.01 Å². The number of nitrogens with zero attached hydrogens (tertiary/aromatic N) is 1. The van der Waals surface area contributed by atoms with Gasteiger partial charge < -0.3 is 4.74 Å². The van der Waals surface area contributed by atoms with Crippen LogP contribution in [0.2, 0.25) is 0 Å². The standard InChI is InChI=1S/C9H15N3O2S2/c1-14-3-2-4-15-5-7-6-16-9(11-7)8(13)12-10/h6H,2-5,10H2,1H3,(H,12,13). The summed E-state index contributed by atoms with van der Waals surface area (Å²) < 4.78 is 4.95. The summed E-state index contributed by atoms with van der Waals surface area (Å²) in [4.78, 5) is 15.3. The number of rotatable bonds is 7. The number of ether oxygens (including phenoxy) is 1. The summed E-state index contributed by atoms with van der Waals surface area (Å²) in [6.45, 7) is 0.783. The summed E-state index contributed by atoms with van der Waals surface area (Å²) in [6.07, 6.45) is 1.03. The Morgan fingerprint density at radius 1 is 1.75 bits per heavy atom. The van der Waals surface area contributed by atoms with Gasteiger partial charge in [0.25, 0.3) is 5.91 Å². The summed E-state index contributed by atoms with van der Waals surface area (Å²) >= 11 is 3.09. The number of nitrogen functional groups attached to an aromatic ring is 1. The molecule has 1 rings (SSSR count). The molecule has 0 fully saturated rings. The normalized spacial score (nSPS) is 10.4. The maximum absolute atomic E-state index is 11.1. The van der Waals surface area contributed by atoms with Gasteiger partial charge in [0.1, 0.15) is 0 Å². The number of hydrogen-bond donors (Lipinski definition) is 2. The Bertz CT molecular complexity index is 330. The molecule has 7 heteroatoms. The van der Waals surface area contributed by atoms with Crippen LogP contribution >= 0.6 is 23.1 Å². The summed E-state index contributed by atoms with van der Waals surface area (Å²) in [5.74, 6) is 6.53. The summed E-state index contributed by atoms with van der Waals surface area (Å²) in [5, 5.41) is 2.29. The van der Waals surface area contributed by atoms with Gasteiger partial charge in [-0.05, 0) is 12.2 Å². The van der Waals surface area contributed by atoms with E-state index in [4.69, 9.17) is 10.6 Å².